The molecule has 0 atom stereocenters. The van der Waals surface area contributed by atoms with Crippen LogP contribution in [-0.2, 0) is 6.54 Å². The van der Waals surface area contributed by atoms with Crippen LogP contribution in [0.3, 0.4) is 0 Å². The highest BCUT2D eigenvalue weighted by atomic mass is 16.3. The minimum absolute atomic E-state index is 0.262. The van der Waals surface area contributed by atoms with Crippen molar-refractivity contribution in [3.8, 4) is 0 Å². The lowest BCUT2D eigenvalue weighted by Gasteiger charge is -2.33. The summed E-state index contributed by atoms with van der Waals surface area (Å²) in [6.07, 6.45) is 1.72. The zero-order valence-electron chi connectivity index (χ0n) is 8.93. The van der Waals surface area contributed by atoms with E-state index in [2.05, 4.69) is 9.80 Å². The smallest absolute Gasteiger partial charge is 0.117 e. The van der Waals surface area contributed by atoms with Crippen LogP contribution >= 0.6 is 0 Å². The van der Waals surface area contributed by atoms with E-state index in [1.807, 2.05) is 12.1 Å². The van der Waals surface area contributed by atoms with E-state index < -0.39 is 0 Å². The number of nitrogens with zero attached hydrogens (tertiary/aromatic N) is 2. The lowest BCUT2D eigenvalue weighted by Crippen LogP contribution is -2.46. The number of furan rings is 1. The van der Waals surface area contributed by atoms with Crippen LogP contribution < -0.4 is 0 Å². The Morgan fingerprint density at radius 1 is 1.20 bits per heavy atom. The van der Waals surface area contributed by atoms with Crippen molar-refractivity contribution in [2.75, 3.05) is 39.3 Å². The third kappa shape index (κ3) is 3.06. The number of aliphatic hydroxyl groups excluding tert-OH is 1. The maximum atomic E-state index is 8.82. The van der Waals surface area contributed by atoms with Gasteiger partial charge in [-0.05, 0) is 12.1 Å². The first-order valence-corrected chi connectivity index (χ1v) is 5.46. The lowest BCUT2D eigenvalue weighted by molar-refractivity contribution is 0.104. The van der Waals surface area contributed by atoms with Crippen molar-refractivity contribution in [2.24, 2.45) is 0 Å². The van der Waals surface area contributed by atoms with E-state index in [0.29, 0.717) is 0 Å². The molecule has 4 nitrogen and oxygen atoms in total. The molecule has 0 spiro atoms. The predicted octanol–water partition coefficient (Wildman–Crippen LogP) is 0.389. The first-order chi connectivity index (χ1) is 7.38. The quantitative estimate of drug-likeness (QED) is 0.780. The van der Waals surface area contributed by atoms with Gasteiger partial charge in [-0.3, -0.25) is 9.80 Å². The van der Waals surface area contributed by atoms with Crippen molar-refractivity contribution in [3.05, 3.63) is 24.2 Å². The van der Waals surface area contributed by atoms with Gasteiger partial charge in [0.15, 0.2) is 0 Å². The summed E-state index contributed by atoms with van der Waals surface area (Å²) in [5.41, 5.74) is 0. The van der Waals surface area contributed by atoms with E-state index in [1.165, 1.54) is 0 Å². The van der Waals surface area contributed by atoms with Crippen molar-refractivity contribution >= 4 is 0 Å². The first kappa shape index (κ1) is 10.7. The molecule has 1 aliphatic heterocycles. The molecule has 1 saturated heterocycles. The Hall–Kier alpha value is -0.840. The second-order valence-electron chi connectivity index (χ2n) is 3.92. The number of aliphatic hydroxyl groups is 1. The van der Waals surface area contributed by atoms with Crippen LogP contribution in [0.15, 0.2) is 22.8 Å². The monoisotopic (exact) mass is 210 g/mol. The molecule has 2 rings (SSSR count). The average Bonchev–Trinajstić information content (AvgIpc) is 2.74. The molecule has 15 heavy (non-hydrogen) atoms. The largest absolute Gasteiger partial charge is 0.468 e. The fourth-order valence-corrected chi connectivity index (χ4v) is 1.94. The second-order valence-corrected chi connectivity index (χ2v) is 3.92. The van der Waals surface area contributed by atoms with Crippen LogP contribution in [0.4, 0.5) is 0 Å². The molecule has 2 heterocycles. The molecule has 84 valence electrons. The van der Waals surface area contributed by atoms with Gasteiger partial charge in [0.05, 0.1) is 19.4 Å². The Balaban J connectivity index is 1.74. The molecular weight excluding hydrogens is 192 g/mol. The van der Waals surface area contributed by atoms with Crippen LogP contribution in [0.1, 0.15) is 5.76 Å². The van der Waals surface area contributed by atoms with Gasteiger partial charge in [-0.1, -0.05) is 0 Å². The summed E-state index contributed by atoms with van der Waals surface area (Å²) in [6.45, 7) is 6.16. The molecule has 4 heteroatoms. The number of rotatable bonds is 4. The van der Waals surface area contributed by atoms with E-state index in [0.717, 1.165) is 45.0 Å². The maximum Gasteiger partial charge on any atom is 0.117 e. The molecule has 1 N–H and O–H groups in total. The summed E-state index contributed by atoms with van der Waals surface area (Å²) < 4.78 is 5.32. The molecule has 1 fully saturated rings. The Kier molecular flexibility index (Phi) is 3.77. The van der Waals surface area contributed by atoms with Crippen LogP contribution in [-0.4, -0.2) is 54.2 Å². The molecule has 0 aromatic carbocycles. The maximum absolute atomic E-state index is 8.82. The number of hydrogen-bond acceptors (Lipinski definition) is 4. The zero-order valence-corrected chi connectivity index (χ0v) is 8.93. The van der Waals surface area contributed by atoms with Crippen LogP contribution in [0.5, 0.6) is 0 Å². The van der Waals surface area contributed by atoms with Gasteiger partial charge >= 0.3 is 0 Å². The number of piperazine rings is 1. The average molecular weight is 210 g/mol. The van der Waals surface area contributed by atoms with E-state index in [1.54, 1.807) is 6.26 Å². The summed E-state index contributed by atoms with van der Waals surface area (Å²) in [4.78, 5) is 4.67. The Bertz CT molecular complexity index is 266. The molecule has 0 amide bonds. The second kappa shape index (κ2) is 5.30. The first-order valence-electron chi connectivity index (χ1n) is 5.46. The molecule has 0 bridgehead atoms. The molecule has 1 aliphatic rings. The van der Waals surface area contributed by atoms with Crippen molar-refractivity contribution in [1.29, 1.82) is 0 Å². The molecule has 0 unspecified atom stereocenters. The van der Waals surface area contributed by atoms with Crippen molar-refractivity contribution < 1.29 is 9.52 Å². The minimum Gasteiger partial charge on any atom is -0.468 e. The summed E-state index contributed by atoms with van der Waals surface area (Å²) in [5, 5.41) is 8.82. The normalized spacial score (nSPS) is 19.5. The van der Waals surface area contributed by atoms with Crippen LogP contribution in [0, 0.1) is 0 Å². The van der Waals surface area contributed by atoms with Crippen molar-refractivity contribution in [1.82, 2.24) is 9.80 Å². The summed E-state index contributed by atoms with van der Waals surface area (Å²) in [6, 6.07) is 3.94. The van der Waals surface area contributed by atoms with Gasteiger partial charge < -0.3 is 9.52 Å². The topological polar surface area (TPSA) is 39.9 Å². The molecule has 0 radical (unpaired) electrons. The van der Waals surface area contributed by atoms with Gasteiger partial charge in [0.25, 0.3) is 0 Å². The van der Waals surface area contributed by atoms with Gasteiger partial charge in [-0.15, -0.1) is 0 Å². The Morgan fingerprint density at radius 2 is 1.93 bits per heavy atom. The summed E-state index contributed by atoms with van der Waals surface area (Å²) in [5.74, 6) is 1.03. The van der Waals surface area contributed by atoms with Crippen LogP contribution in [0.2, 0.25) is 0 Å². The molecular formula is C11H18N2O2. The van der Waals surface area contributed by atoms with Gasteiger partial charge in [0.1, 0.15) is 5.76 Å². The fourth-order valence-electron chi connectivity index (χ4n) is 1.94. The molecule has 0 saturated carbocycles. The Labute approximate surface area is 90.1 Å². The van der Waals surface area contributed by atoms with Crippen molar-refractivity contribution in [2.45, 2.75) is 6.54 Å². The van der Waals surface area contributed by atoms with E-state index in [-0.39, 0.29) is 6.61 Å². The molecule has 0 aliphatic carbocycles. The summed E-state index contributed by atoms with van der Waals surface area (Å²) >= 11 is 0. The fraction of sp³-hybridized carbons (Fsp3) is 0.636. The Morgan fingerprint density at radius 3 is 2.53 bits per heavy atom. The lowest BCUT2D eigenvalue weighted by atomic mass is 10.3. The van der Waals surface area contributed by atoms with Gasteiger partial charge in [0, 0.05) is 32.7 Å². The number of hydrogen-bond donors (Lipinski definition) is 1. The van der Waals surface area contributed by atoms with E-state index >= 15 is 0 Å². The van der Waals surface area contributed by atoms with E-state index in [9.17, 15) is 0 Å². The van der Waals surface area contributed by atoms with Crippen molar-refractivity contribution in [3.63, 3.8) is 0 Å². The van der Waals surface area contributed by atoms with Gasteiger partial charge in [0.2, 0.25) is 0 Å². The SMILES string of the molecule is OCCN1CCN(Cc2ccco2)CC1. The van der Waals surface area contributed by atoms with Crippen LogP contribution in [0.25, 0.3) is 0 Å². The van der Waals surface area contributed by atoms with E-state index in [4.69, 9.17) is 9.52 Å². The highest BCUT2D eigenvalue weighted by Crippen LogP contribution is 2.08. The third-order valence-corrected chi connectivity index (χ3v) is 2.84. The summed E-state index contributed by atoms with van der Waals surface area (Å²) in [7, 11) is 0. The highest BCUT2D eigenvalue weighted by molar-refractivity contribution is 4.98. The molecule has 1 aromatic rings. The zero-order chi connectivity index (χ0) is 10.5. The minimum atomic E-state index is 0.262. The highest BCUT2D eigenvalue weighted by Gasteiger charge is 2.16. The number of β-amino-alcohol motifs (C(OH)–C–C–N with tert-alkyl or cyclic N) is 1. The standard InChI is InChI=1S/C11H18N2O2/c14-8-7-12-3-5-13(6-4-12)10-11-2-1-9-15-11/h1-2,9,14H,3-8,10H2. The predicted molar refractivity (Wildman–Crippen MR) is 57.5 cm³/mol. The third-order valence-electron chi connectivity index (χ3n) is 2.84. The van der Waals surface area contributed by atoms with Gasteiger partial charge in [-0.25, -0.2) is 0 Å². The van der Waals surface area contributed by atoms with Gasteiger partial charge in [-0.2, -0.15) is 0 Å². The molecule has 1 aromatic heterocycles.